The summed E-state index contributed by atoms with van der Waals surface area (Å²) in [5, 5.41) is 2.85. The molecule has 146 valence electrons. The molecule has 1 N–H and O–H groups in total. The lowest BCUT2D eigenvalue weighted by atomic mass is 10.2. The van der Waals surface area contributed by atoms with Crippen LogP contribution in [0.5, 0.6) is 17.2 Å². The van der Waals surface area contributed by atoms with E-state index in [1.807, 2.05) is 43.3 Å². The maximum Gasteiger partial charge on any atom is 0.265 e. The quantitative estimate of drug-likeness (QED) is 0.561. The average molecular weight is 371 g/mol. The molecule has 0 saturated heterocycles. The van der Waals surface area contributed by atoms with E-state index in [9.17, 15) is 4.79 Å². The third-order valence-electron chi connectivity index (χ3n) is 3.96. The summed E-state index contributed by atoms with van der Waals surface area (Å²) in [6.45, 7) is 7.14. The first-order valence-electron chi connectivity index (χ1n) is 9.55. The van der Waals surface area contributed by atoms with Gasteiger partial charge in [0.25, 0.3) is 5.91 Å². The van der Waals surface area contributed by atoms with Gasteiger partial charge in [0.2, 0.25) is 0 Å². The molecule has 1 unspecified atom stereocenters. The van der Waals surface area contributed by atoms with Gasteiger partial charge in [-0.25, -0.2) is 0 Å². The number of unbranched alkanes of at least 4 members (excludes halogenated alkanes) is 2. The van der Waals surface area contributed by atoms with Crippen molar-refractivity contribution in [2.75, 3.05) is 18.5 Å². The number of hydrogen-bond donors (Lipinski definition) is 1. The lowest BCUT2D eigenvalue weighted by Crippen LogP contribution is -2.30. The average Bonchev–Trinajstić information content (AvgIpc) is 2.68. The second-order valence-corrected chi connectivity index (χ2v) is 6.23. The number of rotatable bonds is 11. The molecule has 0 spiro atoms. The maximum absolute atomic E-state index is 12.3. The summed E-state index contributed by atoms with van der Waals surface area (Å²) in [5.41, 5.74) is 0.711. The highest BCUT2D eigenvalue weighted by Gasteiger charge is 2.15. The molecule has 2 aromatic rings. The Morgan fingerprint density at radius 3 is 2.11 bits per heavy atom. The lowest BCUT2D eigenvalue weighted by molar-refractivity contribution is -0.122. The fourth-order valence-electron chi connectivity index (χ4n) is 2.46. The van der Waals surface area contributed by atoms with Crippen LogP contribution in [0.2, 0.25) is 0 Å². The Balaban J connectivity index is 1.81. The summed E-state index contributed by atoms with van der Waals surface area (Å²) in [4.78, 5) is 12.3. The van der Waals surface area contributed by atoms with Gasteiger partial charge in [-0.1, -0.05) is 19.8 Å². The summed E-state index contributed by atoms with van der Waals surface area (Å²) < 4.78 is 16.8. The SMILES string of the molecule is CCCCCOc1ccc(NC(=O)C(C)Oc2ccc(OCC)cc2)cc1. The fourth-order valence-corrected chi connectivity index (χ4v) is 2.46. The van der Waals surface area contributed by atoms with Gasteiger partial charge in [-0.3, -0.25) is 4.79 Å². The van der Waals surface area contributed by atoms with E-state index in [4.69, 9.17) is 14.2 Å². The minimum Gasteiger partial charge on any atom is -0.494 e. The van der Waals surface area contributed by atoms with Crippen LogP contribution in [0.4, 0.5) is 5.69 Å². The highest BCUT2D eigenvalue weighted by atomic mass is 16.5. The van der Waals surface area contributed by atoms with Crippen molar-refractivity contribution in [3.63, 3.8) is 0 Å². The van der Waals surface area contributed by atoms with Gasteiger partial charge in [0.15, 0.2) is 6.10 Å². The molecule has 5 heteroatoms. The Morgan fingerprint density at radius 1 is 0.889 bits per heavy atom. The van der Waals surface area contributed by atoms with Crippen LogP contribution in [-0.2, 0) is 4.79 Å². The third-order valence-corrected chi connectivity index (χ3v) is 3.96. The van der Waals surface area contributed by atoms with E-state index in [0.29, 0.717) is 24.7 Å². The van der Waals surface area contributed by atoms with E-state index in [1.54, 1.807) is 19.1 Å². The Morgan fingerprint density at radius 2 is 1.48 bits per heavy atom. The van der Waals surface area contributed by atoms with Crippen molar-refractivity contribution in [2.24, 2.45) is 0 Å². The third kappa shape index (κ3) is 7.21. The molecule has 2 rings (SSSR count). The van der Waals surface area contributed by atoms with Gasteiger partial charge < -0.3 is 19.5 Å². The number of amides is 1. The standard InChI is InChI=1S/C22H29NO4/c1-4-6-7-16-26-20-10-8-18(9-11-20)23-22(24)17(3)27-21-14-12-19(13-15-21)25-5-2/h8-15,17H,4-7,16H2,1-3H3,(H,23,24). The van der Waals surface area contributed by atoms with Gasteiger partial charge >= 0.3 is 0 Å². The summed E-state index contributed by atoms with van der Waals surface area (Å²) in [6, 6.07) is 14.6. The lowest BCUT2D eigenvalue weighted by Gasteiger charge is -2.15. The maximum atomic E-state index is 12.3. The van der Waals surface area contributed by atoms with Gasteiger partial charge in [-0.05, 0) is 68.8 Å². The Bertz CT molecular complexity index is 682. The summed E-state index contributed by atoms with van der Waals surface area (Å²) in [5.74, 6) is 2.00. The molecule has 0 aliphatic rings. The fraction of sp³-hybridized carbons (Fsp3) is 0.409. The molecule has 0 aliphatic heterocycles. The molecule has 1 atom stereocenters. The van der Waals surface area contributed by atoms with E-state index in [-0.39, 0.29) is 5.91 Å². The molecule has 0 saturated carbocycles. The van der Waals surface area contributed by atoms with Crippen molar-refractivity contribution in [3.8, 4) is 17.2 Å². The largest absolute Gasteiger partial charge is 0.494 e. The zero-order chi connectivity index (χ0) is 19.5. The zero-order valence-corrected chi connectivity index (χ0v) is 16.4. The molecule has 1 amide bonds. The van der Waals surface area contributed by atoms with E-state index >= 15 is 0 Å². The molecule has 2 aromatic carbocycles. The molecule has 5 nitrogen and oxygen atoms in total. The number of hydrogen-bond acceptors (Lipinski definition) is 4. The smallest absolute Gasteiger partial charge is 0.265 e. The van der Waals surface area contributed by atoms with E-state index in [0.717, 1.165) is 17.9 Å². The molecule has 0 bridgehead atoms. The summed E-state index contributed by atoms with van der Waals surface area (Å²) in [6.07, 6.45) is 2.77. The van der Waals surface area contributed by atoms with Crippen LogP contribution < -0.4 is 19.5 Å². The minimum atomic E-state index is -0.618. The van der Waals surface area contributed by atoms with Crippen molar-refractivity contribution < 1.29 is 19.0 Å². The molecule has 0 aromatic heterocycles. The second kappa shape index (κ2) is 11.1. The van der Waals surface area contributed by atoms with Crippen LogP contribution in [0.15, 0.2) is 48.5 Å². The predicted octanol–water partition coefficient (Wildman–Crippen LogP) is 5.06. The minimum absolute atomic E-state index is 0.208. The van der Waals surface area contributed by atoms with Crippen molar-refractivity contribution in [2.45, 2.75) is 46.1 Å². The summed E-state index contributed by atoms with van der Waals surface area (Å²) >= 11 is 0. The van der Waals surface area contributed by atoms with Crippen molar-refractivity contribution in [1.29, 1.82) is 0 Å². The van der Waals surface area contributed by atoms with Gasteiger partial charge in [-0.2, -0.15) is 0 Å². The number of anilines is 1. The second-order valence-electron chi connectivity index (χ2n) is 6.23. The molecule has 0 aliphatic carbocycles. The monoisotopic (exact) mass is 371 g/mol. The first-order valence-corrected chi connectivity index (χ1v) is 9.55. The van der Waals surface area contributed by atoms with Crippen LogP contribution in [0.3, 0.4) is 0 Å². The Kier molecular flexibility index (Phi) is 8.49. The van der Waals surface area contributed by atoms with Gasteiger partial charge in [-0.15, -0.1) is 0 Å². The zero-order valence-electron chi connectivity index (χ0n) is 16.4. The first-order chi connectivity index (χ1) is 13.1. The number of carbonyl (C=O) groups is 1. The van der Waals surface area contributed by atoms with Crippen molar-refractivity contribution in [3.05, 3.63) is 48.5 Å². The van der Waals surface area contributed by atoms with E-state index in [2.05, 4.69) is 12.2 Å². The van der Waals surface area contributed by atoms with Crippen LogP contribution in [0, 0.1) is 0 Å². The molecular formula is C22H29NO4. The highest BCUT2D eigenvalue weighted by molar-refractivity contribution is 5.94. The Hall–Kier alpha value is -2.69. The predicted molar refractivity (Wildman–Crippen MR) is 108 cm³/mol. The van der Waals surface area contributed by atoms with Gasteiger partial charge in [0.1, 0.15) is 17.2 Å². The Labute approximate surface area is 161 Å². The molecular weight excluding hydrogens is 342 g/mol. The van der Waals surface area contributed by atoms with Gasteiger partial charge in [0, 0.05) is 5.69 Å². The molecule has 0 heterocycles. The van der Waals surface area contributed by atoms with E-state index < -0.39 is 6.10 Å². The number of nitrogens with one attached hydrogen (secondary N) is 1. The number of ether oxygens (including phenoxy) is 3. The number of benzene rings is 2. The normalized spacial score (nSPS) is 11.5. The molecule has 27 heavy (non-hydrogen) atoms. The van der Waals surface area contributed by atoms with Crippen LogP contribution in [0.1, 0.15) is 40.0 Å². The number of carbonyl (C=O) groups excluding carboxylic acids is 1. The highest BCUT2D eigenvalue weighted by Crippen LogP contribution is 2.20. The van der Waals surface area contributed by atoms with Crippen LogP contribution >= 0.6 is 0 Å². The topological polar surface area (TPSA) is 56.8 Å². The van der Waals surface area contributed by atoms with Crippen molar-refractivity contribution >= 4 is 11.6 Å². The first kappa shape index (κ1) is 20.6. The molecule has 0 fully saturated rings. The van der Waals surface area contributed by atoms with E-state index in [1.165, 1.54) is 12.8 Å². The summed E-state index contributed by atoms with van der Waals surface area (Å²) in [7, 11) is 0. The van der Waals surface area contributed by atoms with Gasteiger partial charge in [0.05, 0.1) is 13.2 Å². The molecule has 0 radical (unpaired) electrons. The van der Waals surface area contributed by atoms with Crippen molar-refractivity contribution in [1.82, 2.24) is 0 Å². The van der Waals surface area contributed by atoms with Crippen LogP contribution in [0.25, 0.3) is 0 Å². The van der Waals surface area contributed by atoms with Crippen LogP contribution in [-0.4, -0.2) is 25.2 Å².